The van der Waals surface area contributed by atoms with E-state index in [0.29, 0.717) is 29.0 Å². The fourth-order valence-corrected chi connectivity index (χ4v) is 3.43. The minimum atomic E-state index is -0.134. The molecule has 0 saturated carbocycles. The number of carbonyl (C=O) groups is 1. The van der Waals surface area contributed by atoms with E-state index in [0.717, 1.165) is 27.9 Å². The maximum absolute atomic E-state index is 12.7. The number of aryl methyl sites for hydroxylation is 3. The van der Waals surface area contributed by atoms with Crippen LogP contribution in [0.5, 0.6) is 5.88 Å². The Bertz CT molecular complexity index is 1030. The lowest BCUT2D eigenvalue weighted by atomic mass is 10.2. The molecule has 2 heterocycles. The number of ether oxygens (including phenoxy) is 1. The summed E-state index contributed by atoms with van der Waals surface area (Å²) in [5.41, 5.74) is 3.57. The fourth-order valence-electron chi connectivity index (χ4n) is 3.11. The number of hydrogen-bond acceptors (Lipinski definition) is 4. The predicted octanol–water partition coefficient (Wildman–Crippen LogP) is 4.32. The molecule has 8 heteroatoms. The number of likely N-dealkylation sites (N-methyl/N-ethyl adjacent to an activating group) is 1. The third-order valence-corrected chi connectivity index (χ3v) is 5.25. The van der Waals surface area contributed by atoms with E-state index in [1.807, 2.05) is 40.0 Å². The van der Waals surface area contributed by atoms with Crippen molar-refractivity contribution in [1.82, 2.24) is 19.7 Å². The second-order valence-electron chi connectivity index (χ2n) is 6.65. The topological polar surface area (TPSA) is 60.3 Å². The van der Waals surface area contributed by atoms with Gasteiger partial charge in [-0.15, -0.1) is 5.10 Å². The number of halogens is 2. The van der Waals surface area contributed by atoms with Gasteiger partial charge in [0.2, 0.25) is 5.88 Å². The highest BCUT2D eigenvalue weighted by atomic mass is 35.5. The first-order chi connectivity index (χ1) is 13.3. The zero-order valence-corrected chi connectivity index (χ0v) is 17.8. The van der Waals surface area contributed by atoms with Gasteiger partial charge in [-0.1, -0.05) is 29.3 Å². The van der Waals surface area contributed by atoms with Gasteiger partial charge in [-0.2, -0.15) is 0 Å². The highest BCUT2D eigenvalue weighted by Gasteiger charge is 2.18. The number of carbonyl (C=O) groups excluding carboxylic acids is 1. The van der Waals surface area contributed by atoms with Gasteiger partial charge in [-0.05, 0) is 50.1 Å². The van der Waals surface area contributed by atoms with Crippen LogP contribution in [-0.4, -0.2) is 38.7 Å². The summed E-state index contributed by atoms with van der Waals surface area (Å²) in [6.45, 7) is 6.71. The quantitative estimate of drug-likeness (QED) is 0.595. The third kappa shape index (κ3) is 4.23. The van der Waals surface area contributed by atoms with Gasteiger partial charge in [0.25, 0.3) is 5.91 Å². The number of aromatic nitrogens is 3. The standard InChI is InChI=1S/C20H22Cl2N4O2/c1-5-26(10-14-6-7-15(21)16(22)9-14)17(27)11-28-20-18-12(2)8-13(3)23-19(18)25(4)24-20/h6-9H,5,10-11H2,1-4H3. The molecule has 0 N–H and O–H groups in total. The van der Waals surface area contributed by atoms with Gasteiger partial charge in [-0.3, -0.25) is 4.79 Å². The molecule has 148 valence electrons. The van der Waals surface area contributed by atoms with E-state index in [1.54, 1.807) is 21.7 Å². The van der Waals surface area contributed by atoms with Crippen molar-refractivity contribution in [2.45, 2.75) is 27.3 Å². The first-order valence-corrected chi connectivity index (χ1v) is 9.71. The molecule has 0 radical (unpaired) electrons. The molecule has 1 amide bonds. The van der Waals surface area contributed by atoms with E-state index < -0.39 is 0 Å². The minimum absolute atomic E-state index is 0.103. The Morgan fingerprint density at radius 1 is 1.21 bits per heavy atom. The first kappa shape index (κ1) is 20.4. The number of nitrogens with zero attached hydrogens (tertiary/aromatic N) is 4. The van der Waals surface area contributed by atoms with Gasteiger partial charge < -0.3 is 9.64 Å². The van der Waals surface area contributed by atoms with Crippen LogP contribution in [0.15, 0.2) is 24.3 Å². The zero-order chi connectivity index (χ0) is 20.4. The molecule has 1 aromatic carbocycles. The number of rotatable bonds is 6. The number of fused-ring (bicyclic) bond motifs is 1. The first-order valence-electron chi connectivity index (χ1n) is 8.95. The normalized spacial score (nSPS) is 11.1. The molecule has 0 unspecified atom stereocenters. The van der Waals surface area contributed by atoms with E-state index in [1.165, 1.54) is 0 Å². The molecule has 0 atom stereocenters. The van der Waals surface area contributed by atoms with Crippen LogP contribution in [0.4, 0.5) is 0 Å². The molecule has 6 nitrogen and oxygen atoms in total. The van der Waals surface area contributed by atoms with Crippen molar-refractivity contribution in [2.75, 3.05) is 13.2 Å². The summed E-state index contributed by atoms with van der Waals surface area (Å²) < 4.78 is 7.44. The molecule has 0 bridgehead atoms. The lowest BCUT2D eigenvalue weighted by Gasteiger charge is -2.21. The Morgan fingerprint density at radius 3 is 2.64 bits per heavy atom. The molecule has 0 aliphatic carbocycles. The molecule has 3 aromatic rings. The monoisotopic (exact) mass is 420 g/mol. The predicted molar refractivity (Wildman–Crippen MR) is 111 cm³/mol. The van der Waals surface area contributed by atoms with Crippen LogP contribution in [-0.2, 0) is 18.4 Å². The molecule has 3 rings (SSSR count). The lowest BCUT2D eigenvalue weighted by molar-refractivity contribution is -0.133. The third-order valence-electron chi connectivity index (χ3n) is 4.51. The summed E-state index contributed by atoms with van der Waals surface area (Å²) in [4.78, 5) is 18.9. The van der Waals surface area contributed by atoms with Crippen LogP contribution < -0.4 is 4.74 Å². The number of benzene rings is 1. The van der Waals surface area contributed by atoms with E-state index in [2.05, 4.69) is 10.1 Å². The summed E-state index contributed by atoms with van der Waals surface area (Å²) in [6.07, 6.45) is 0. The van der Waals surface area contributed by atoms with Crippen molar-refractivity contribution in [3.63, 3.8) is 0 Å². The Hall–Kier alpha value is -2.31. The maximum atomic E-state index is 12.7. The van der Waals surface area contributed by atoms with Crippen molar-refractivity contribution in [1.29, 1.82) is 0 Å². The molecule has 0 fully saturated rings. The maximum Gasteiger partial charge on any atom is 0.260 e. The molecule has 0 spiro atoms. The van der Waals surface area contributed by atoms with Crippen LogP contribution in [0.1, 0.15) is 23.7 Å². The van der Waals surface area contributed by atoms with E-state index in [-0.39, 0.29) is 12.5 Å². The fraction of sp³-hybridized carbons (Fsp3) is 0.350. The average molecular weight is 421 g/mol. The second kappa shape index (κ2) is 8.37. The summed E-state index contributed by atoms with van der Waals surface area (Å²) in [5, 5.41) is 6.17. The van der Waals surface area contributed by atoms with E-state index in [9.17, 15) is 4.79 Å². The number of hydrogen-bond donors (Lipinski definition) is 0. The van der Waals surface area contributed by atoms with Crippen molar-refractivity contribution in [3.05, 3.63) is 51.1 Å². The number of pyridine rings is 1. The Kier molecular flexibility index (Phi) is 6.10. The Labute approximate surface area is 174 Å². The summed E-state index contributed by atoms with van der Waals surface area (Å²) in [7, 11) is 1.81. The molecule has 0 saturated heterocycles. The van der Waals surface area contributed by atoms with Gasteiger partial charge in [0.15, 0.2) is 12.3 Å². The molecular weight excluding hydrogens is 399 g/mol. The molecule has 0 aliphatic rings. The highest BCUT2D eigenvalue weighted by Crippen LogP contribution is 2.27. The van der Waals surface area contributed by atoms with Crippen molar-refractivity contribution >= 4 is 40.1 Å². The van der Waals surface area contributed by atoms with Crippen molar-refractivity contribution in [3.8, 4) is 5.88 Å². The van der Waals surface area contributed by atoms with Gasteiger partial charge >= 0.3 is 0 Å². The highest BCUT2D eigenvalue weighted by molar-refractivity contribution is 6.42. The molecular formula is C20H22Cl2N4O2. The molecule has 0 aliphatic heterocycles. The van der Waals surface area contributed by atoms with Crippen molar-refractivity contribution < 1.29 is 9.53 Å². The Morgan fingerprint density at radius 2 is 1.96 bits per heavy atom. The lowest BCUT2D eigenvalue weighted by Crippen LogP contribution is -2.34. The minimum Gasteiger partial charge on any atom is -0.466 e. The summed E-state index contributed by atoms with van der Waals surface area (Å²) >= 11 is 12.0. The van der Waals surface area contributed by atoms with Gasteiger partial charge in [0, 0.05) is 25.8 Å². The summed E-state index contributed by atoms with van der Waals surface area (Å²) in [5.74, 6) is 0.284. The van der Waals surface area contributed by atoms with Gasteiger partial charge in [-0.25, -0.2) is 9.67 Å². The van der Waals surface area contributed by atoms with Crippen molar-refractivity contribution in [2.24, 2.45) is 7.05 Å². The number of amides is 1. The second-order valence-corrected chi connectivity index (χ2v) is 7.47. The van der Waals surface area contributed by atoms with Crippen LogP contribution in [0, 0.1) is 13.8 Å². The molecule has 2 aromatic heterocycles. The zero-order valence-electron chi connectivity index (χ0n) is 16.3. The van der Waals surface area contributed by atoms with Gasteiger partial charge in [0.05, 0.1) is 15.4 Å². The summed E-state index contributed by atoms with van der Waals surface area (Å²) in [6, 6.07) is 7.33. The largest absolute Gasteiger partial charge is 0.466 e. The van der Waals surface area contributed by atoms with E-state index in [4.69, 9.17) is 27.9 Å². The van der Waals surface area contributed by atoms with Crippen LogP contribution in [0.2, 0.25) is 10.0 Å². The van der Waals surface area contributed by atoms with E-state index >= 15 is 0 Å². The van der Waals surface area contributed by atoms with Gasteiger partial charge in [0.1, 0.15) is 0 Å². The average Bonchev–Trinajstić information content (AvgIpc) is 2.96. The SMILES string of the molecule is CCN(Cc1ccc(Cl)c(Cl)c1)C(=O)COc1nn(C)c2nc(C)cc(C)c12. The smallest absolute Gasteiger partial charge is 0.260 e. The molecule has 28 heavy (non-hydrogen) atoms. The Balaban J connectivity index is 1.73. The van der Waals surface area contributed by atoms with Crippen LogP contribution >= 0.6 is 23.2 Å². The van der Waals surface area contributed by atoms with Crippen LogP contribution in [0.3, 0.4) is 0 Å². The van der Waals surface area contributed by atoms with Crippen LogP contribution in [0.25, 0.3) is 11.0 Å².